The van der Waals surface area contributed by atoms with Crippen molar-refractivity contribution in [2.45, 2.75) is 38.6 Å². The largest absolute Gasteiger partial charge is 0.480 e. The molecule has 1 unspecified atom stereocenters. The van der Waals surface area contributed by atoms with E-state index in [4.69, 9.17) is 9.84 Å². The minimum absolute atomic E-state index is 0.371. The monoisotopic (exact) mass is 260 g/mol. The van der Waals surface area contributed by atoms with Gasteiger partial charge in [0.15, 0.2) is 0 Å². The van der Waals surface area contributed by atoms with Gasteiger partial charge in [-0.15, -0.1) is 0 Å². The molecule has 0 aliphatic heterocycles. The highest BCUT2D eigenvalue weighted by Gasteiger charge is 2.34. The van der Waals surface area contributed by atoms with Crippen molar-refractivity contribution in [1.29, 1.82) is 0 Å². The first-order valence-electron chi connectivity index (χ1n) is 6.13. The normalized spacial score (nSPS) is 13.8. The van der Waals surface area contributed by atoms with Gasteiger partial charge in [0, 0.05) is 27.3 Å². The maximum Gasteiger partial charge on any atom is 0.329 e. The predicted molar refractivity (Wildman–Crippen MR) is 68.6 cm³/mol. The number of rotatable bonds is 8. The van der Waals surface area contributed by atoms with E-state index in [0.717, 1.165) is 6.42 Å². The molecule has 0 fully saturated rings. The Kier molecular flexibility index (Phi) is 7.35. The van der Waals surface area contributed by atoms with Gasteiger partial charge in [0.2, 0.25) is 0 Å². The summed E-state index contributed by atoms with van der Waals surface area (Å²) in [7, 11) is 3.24. The Hall–Kier alpha value is -1.30. The Morgan fingerprint density at radius 1 is 1.44 bits per heavy atom. The summed E-state index contributed by atoms with van der Waals surface area (Å²) < 4.78 is 4.90. The van der Waals surface area contributed by atoms with E-state index < -0.39 is 11.5 Å². The van der Waals surface area contributed by atoms with Crippen LogP contribution in [0.15, 0.2) is 0 Å². The number of hydrogen-bond acceptors (Lipinski definition) is 3. The lowest BCUT2D eigenvalue weighted by molar-refractivity contribution is -0.144. The number of nitrogens with one attached hydrogen (secondary N) is 1. The topological polar surface area (TPSA) is 78.9 Å². The van der Waals surface area contributed by atoms with Gasteiger partial charge in [-0.3, -0.25) is 0 Å². The number of amides is 2. The predicted octanol–water partition coefficient (Wildman–Crippen LogP) is 1.31. The first-order chi connectivity index (χ1) is 8.37. The average molecular weight is 260 g/mol. The second kappa shape index (κ2) is 7.92. The van der Waals surface area contributed by atoms with E-state index in [1.807, 2.05) is 6.92 Å². The van der Waals surface area contributed by atoms with Crippen molar-refractivity contribution in [3.8, 4) is 0 Å². The molecule has 0 aromatic rings. The molecule has 0 saturated carbocycles. The van der Waals surface area contributed by atoms with E-state index in [0.29, 0.717) is 26.0 Å². The number of carboxylic acids is 1. The van der Waals surface area contributed by atoms with Crippen molar-refractivity contribution < 1.29 is 19.4 Å². The Labute approximate surface area is 108 Å². The smallest absolute Gasteiger partial charge is 0.329 e. The lowest BCUT2D eigenvalue weighted by Crippen LogP contribution is -2.55. The molecule has 2 amide bonds. The third-order valence-corrected chi connectivity index (χ3v) is 2.79. The summed E-state index contributed by atoms with van der Waals surface area (Å²) in [6.45, 7) is 4.51. The van der Waals surface area contributed by atoms with Crippen LogP contribution in [-0.2, 0) is 9.53 Å². The summed E-state index contributed by atoms with van der Waals surface area (Å²) in [6, 6.07) is -0.371. The number of hydrogen-bond donors (Lipinski definition) is 2. The van der Waals surface area contributed by atoms with Crippen molar-refractivity contribution in [1.82, 2.24) is 10.2 Å². The molecule has 0 heterocycles. The van der Waals surface area contributed by atoms with Crippen molar-refractivity contribution >= 4 is 12.0 Å². The molecule has 0 aliphatic rings. The Balaban J connectivity index is 4.37. The van der Waals surface area contributed by atoms with Gasteiger partial charge < -0.3 is 20.1 Å². The minimum Gasteiger partial charge on any atom is -0.480 e. The molecule has 6 heteroatoms. The molecule has 0 bridgehead atoms. The van der Waals surface area contributed by atoms with Crippen LogP contribution < -0.4 is 5.32 Å². The number of nitrogens with zero attached hydrogens (tertiary/aromatic N) is 1. The molecule has 2 N–H and O–H groups in total. The van der Waals surface area contributed by atoms with Gasteiger partial charge in [-0.2, -0.15) is 0 Å². The Bertz CT molecular complexity index is 283. The van der Waals surface area contributed by atoms with Crippen LogP contribution in [0.1, 0.15) is 33.1 Å². The van der Waals surface area contributed by atoms with E-state index in [-0.39, 0.29) is 6.03 Å². The standard InChI is InChI=1S/C12H24N2O4/c1-5-7-12(2,10(15)16)13-11(17)14(3)8-6-9-18-4/h5-9H2,1-4H3,(H,13,17)(H,15,16). The van der Waals surface area contributed by atoms with E-state index in [2.05, 4.69) is 5.32 Å². The average Bonchev–Trinajstić information content (AvgIpc) is 2.29. The van der Waals surface area contributed by atoms with Gasteiger partial charge in [0.1, 0.15) is 5.54 Å². The number of carboxylic acid groups (broad SMARTS) is 1. The number of methoxy groups -OCH3 is 1. The highest BCUT2D eigenvalue weighted by molar-refractivity contribution is 5.85. The van der Waals surface area contributed by atoms with Crippen LogP contribution in [0.5, 0.6) is 0 Å². The number of carbonyl (C=O) groups is 2. The molecule has 0 aromatic carbocycles. The molecular weight excluding hydrogens is 236 g/mol. The van der Waals surface area contributed by atoms with E-state index in [1.54, 1.807) is 14.2 Å². The Morgan fingerprint density at radius 3 is 2.50 bits per heavy atom. The molecule has 0 aromatic heterocycles. The molecule has 0 aliphatic carbocycles. The summed E-state index contributed by atoms with van der Waals surface area (Å²) in [5, 5.41) is 11.7. The third kappa shape index (κ3) is 5.35. The van der Waals surface area contributed by atoms with Gasteiger partial charge in [-0.1, -0.05) is 13.3 Å². The van der Waals surface area contributed by atoms with Crippen molar-refractivity contribution in [3.63, 3.8) is 0 Å². The molecular formula is C12H24N2O4. The van der Waals surface area contributed by atoms with Crippen LogP contribution in [0.2, 0.25) is 0 Å². The zero-order chi connectivity index (χ0) is 14.2. The molecule has 18 heavy (non-hydrogen) atoms. The fourth-order valence-electron chi connectivity index (χ4n) is 1.60. The minimum atomic E-state index is -1.21. The molecule has 6 nitrogen and oxygen atoms in total. The SMILES string of the molecule is CCCC(C)(NC(=O)N(C)CCCOC)C(=O)O. The maximum absolute atomic E-state index is 11.8. The van der Waals surface area contributed by atoms with Gasteiger partial charge in [-0.05, 0) is 19.8 Å². The molecule has 0 radical (unpaired) electrons. The highest BCUT2D eigenvalue weighted by atomic mass is 16.5. The fraction of sp³-hybridized carbons (Fsp3) is 0.833. The summed E-state index contributed by atoms with van der Waals surface area (Å²) in [6.07, 6.45) is 1.81. The van der Waals surface area contributed by atoms with E-state index in [1.165, 1.54) is 11.8 Å². The fourth-order valence-corrected chi connectivity index (χ4v) is 1.60. The van der Waals surface area contributed by atoms with Crippen LogP contribution in [0.4, 0.5) is 4.79 Å². The van der Waals surface area contributed by atoms with Gasteiger partial charge in [0.25, 0.3) is 0 Å². The van der Waals surface area contributed by atoms with Gasteiger partial charge >= 0.3 is 12.0 Å². The van der Waals surface area contributed by atoms with Gasteiger partial charge in [0.05, 0.1) is 0 Å². The van der Waals surface area contributed by atoms with Crippen molar-refractivity contribution in [2.75, 3.05) is 27.3 Å². The summed E-state index contributed by atoms with van der Waals surface area (Å²) >= 11 is 0. The second-order valence-corrected chi connectivity index (χ2v) is 4.59. The summed E-state index contributed by atoms with van der Waals surface area (Å²) in [5.74, 6) is -1.01. The Morgan fingerprint density at radius 2 is 2.06 bits per heavy atom. The zero-order valence-corrected chi connectivity index (χ0v) is 11.7. The molecule has 0 saturated heterocycles. The second-order valence-electron chi connectivity index (χ2n) is 4.59. The lowest BCUT2D eigenvalue weighted by atomic mass is 9.96. The van der Waals surface area contributed by atoms with Crippen LogP contribution in [-0.4, -0.2) is 54.9 Å². The molecule has 0 spiro atoms. The maximum atomic E-state index is 11.8. The van der Waals surface area contributed by atoms with Crippen molar-refractivity contribution in [2.24, 2.45) is 0 Å². The molecule has 1 atom stereocenters. The number of urea groups is 1. The lowest BCUT2D eigenvalue weighted by Gasteiger charge is -2.28. The third-order valence-electron chi connectivity index (χ3n) is 2.79. The van der Waals surface area contributed by atoms with Crippen LogP contribution >= 0.6 is 0 Å². The van der Waals surface area contributed by atoms with Crippen LogP contribution in [0, 0.1) is 0 Å². The first-order valence-corrected chi connectivity index (χ1v) is 6.13. The number of aliphatic carboxylic acids is 1. The molecule has 0 rings (SSSR count). The zero-order valence-electron chi connectivity index (χ0n) is 11.7. The van der Waals surface area contributed by atoms with E-state index in [9.17, 15) is 9.59 Å². The van der Waals surface area contributed by atoms with Crippen molar-refractivity contribution in [3.05, 3.63) is 0 Å². The number of ether oxygens (including phenoxy) is 1. The van der Waals surface area contributed by atoms with Crippen LogP contribution in [0.3, 0.4) is 0 Å². The highest BCUT2D eigenvalue weighted by Crippen LogP contribution is 2.13. The van der Waals surface area contributed by atoms with Gasteiger partial charge in [-0.25, -0.2) is 9.59 Å². The first kappa shape index (κ1) is 16.7. The summed E-state index contributed by atoms with van der Waals surface area (Å²) in [4.78, 5) is 24.5. The quantitative estimate of drug-likeness (QED) is 0.645. The molecule has 106 valence electrons. The summed E-state index contributed by atoms with van der Waals surface area (Å²) in [5.41, 5.74) is -1.21. The number of carbonyl (C=O) groups excluding carboxylic acids is 1. The van der Waals surface area contributed by atoms with E-state index >= 15 is 0 Å². The van der Waals surface area contributed by atoms with Crippen LogP contribution in [0.25, 0.3) is 0 Å².